The van der Waals surface area contributed by atoms with Crippen molar-refractivity contribution in [2.75, 3.05) is 26.4 Å². The molecule has 1 aromatic rings. The number of ether oxygens (including phenoxy) is 1. The van der Waals surface area contributed by atoms with E-state index >= 15 is 0 Å². The third-order valence-corrected chi connectivity index (χ3v) is 3.68. The molecule has 3 heteroatoms. The summed E-state index contributed by atoms with van der Waals surface area (Å²) in [6.07, 6.45) is 4.34. The maximum absolute atomic E-state index is 9.88. The summed E-state index contributed by atoms with van der Waals surface area (Å²) in [6, 6.07) is 10.2. The second-order valence-corrected chi connectivity index (χ2v) is 5.21. The number of nitrogens with one attached hydrogen (secondary N) is 1. The lowest BCUT2D eigenvalue weighted by atomic mass is 9.87. The molecular formula is C17H29NO2. The molecule has 0 aromatic heterocycles. The van der Waals surface area contributed by atoms with Gasteiger partial charge in [0, 0.05) is 13.2 Å². The number of aliphatic hydroxyl groups is 1. The molecule has 2 N–H and O–H groups in total. The quantitative estimate of drug-likeness (QED) is 0.612. The smallest absolute Gasteiger partial charge is 0.0691 e. The van der Waals surface area contributed by atoms with E-state index in [1.807, 2.05) is 18.2 Å². The number of benzene rings is 1. The molecule has 0 bridgehead atoms. The lowest BCUT2D eigenvalue weighted by Gasteiger charge is -2.33. The molecule has 3 nitrogen and oxygen atoms in total. The maximum Gasteiger partial charge on any atom is 0.0691 e. The van der Waals surface area contributed by atoms with E-state index in [4.69, 9.17) is 4.74 Å². The van der Waals surface area contributed by atoms with Gasteiger partial charge in [0.05, 0.1) is 12.1 Å². The Morgan fingerprint density at radius 1 is 1.10 bits per heavy atom. The average molecular weight is 279 g/mol. The van der Waals surface area contributed by atoms with Gasteiger partial charge in [0.15, 0.2) is 0 Å². The molecular weight excluding hydrogens is 250 g/mol. The zero-order valence-electron chi connectivity index (χ0n) is 12.9. The predicted molar refractivity (Wildman–Crippen MR) is 83.8 cm³/mol. The van der Waals surface area contributed by atoms with Gasteiger partial charge in [0.2, 0.25) is 0 Å². The van der Waals surface area contributed by atoms with Gasteiger partial charge in [-0.2, -0.15) is 0 Å². The summed E-state index contributed by atoms with van der Waals surface area (Å²) >= 11 is 0. The molecule has 0 aliphatic rings. The molecule has 1 atom stereocenters. The Morgan fingerprint density at radius 2 is 1.85 bits per heavy atom. The molecule has 1 rings (SSSR count). The second-order valence-electron chi connectivity index (χ2n) is 5.21. The van der Waals surface area contributed by atoms with Crippen LogP contribution in [0.5, 0.6) is 0 Å². The van der Waals surface area contributed by atoms with Gasteiger partial charge in [-0.15, -0.1) is 0 Å². The summed E-state index contributed by atoms with van der Waals surface area (Å²) in [6.45, 7) is 6.66. The monoisotopic (exact) mass is 279 g/mol. The Morgan fingerprint density at radius 3 is 2.45 bits per heavy atom. The normalized spacial score (nSPS) is 14.2. The van der Waals surface area contributed by atoms with Crippen LogP contribution in [0.25, 0.3) is 0 Å². The molecule has 0 amide bonds. The van der Waals surface area contributed by atoms with Gasteiger partial charge in [0.25, 0.3) is 0 Å². The summed E-state index contributed by atoms with van der Waals surface area (Å²) in [5.41, 5.74) is 0.738. The number of hydrogen-bond acceptors (Lipinski definition) is 3. The van der Waals surface area contributed by atoms with Gasteiger partial charge >= 0.3 is 0 Å². The van der Waals surface area contributed by atoms with Crippen LogP contribution in [-0.2, 0) is 10.3 Å². The highest BCUT2D eigenvalue weighted by atomic mass is 16.5. The fourth-order valence-corrected chi connectivity index (χ4v) is 2.46. The van der Waals surface area contributed by atoms with E-state index < -0.39 is 0 Å². The summed E-state index contributed by atoms with van der Waals surface area (Å²) in [4.78, 5) is 0. The van der Waals surface area contributed by atoms with E-state index in [0.29, 0.717) is 6.61 Å². The lowest BCUT2D eigenvalue weighted by Crippen LogP contribution is -2.46. The molecule has 0 aliphatic heterocycles. The van der Waals surface area contributed by atoms with Crippen molar-refractivity contribution in [2.45, 2.75) is 45.1 Å². The van der Waals surface area contributed by atoms with E-state index in [9.17, 15) is 5.11 Å². The van der Waals surface area contributed by atoms with Gasteiger partial charge in [-0.05, 0) is 24.9 Å². The van der Waals surface area contributed by atoms with Crippen molar-refractivity contribution in [3.63, 3.8) is 0 Å². The van der Waals surface area contributed by atoms with Crippen LogP contribution in [0.2, 0.25) is 0 Å². The Kier molecular flexibility index (Phi) is 8.51. The van der Waals surface area contributed by atoms with Crippen molar-refractivity contribution in [3.05, 3.63) is 35.9 Å². The molecule has 0 spiro atoms. The van der Waals surface area contributed by atoms with Crippen LogP contribution in [0.15, 0.2) is 30.3 Å². The van der Waals surface area contributed by atoms with Crippen molar-refractivity contribution >= 4 is 0 Å². The molecule has 0 saturated heterocycles. The standard InChI is InChI=1S/C17H29NO2/c1-3-5-9-13-20-14-12-17(15-19,18-4-2)16-10-7-6-8-11-16/h6-8,10-11,18-19H,3-5,9,12-15H2,1-2H3. The topological polar surface area (TPSA) is 41.5 Å². The Balaban J connectivity index is 2.56. The van der Waals surface area contributed by atoms with Crippen LogP contribution < -0.4 is 5.32 Å². The lowest BCUT2D eigenvalue weighted by molar-refractivity contribution is 0.0777. The largest absolute Gasteiger partial charge is 0.394 e. The zero-order valence-corrected chi connectivity index (χ0v) is 12.9. The Labute approximate surface area is 123 Å². The Hall–Kier alpha value is -0.900. The van der Waals surface area contributed by atoms with E-state index in [2.05, 4.69) is 31.3 Å². The summed E-state index contributed by atoms with van der Waals surface area (Å²) in [7, 11) is 0. The van der Waals surface area contributed by atoms with Crippen molar-refractivity contribution in [2.24, 2.45) is 0 Å². The summed E-state index contributed by atoms with van der Waals surface area (Å²) in [5.74, 6) is 0. The van der Waals surface area contributed by atoms with Crippen molar-refractivity contribution in [1.29, 1.82) is 0 Å². The molecule has 0 radical (unpaired) electrons. The number of aliphatic hydroxyl groups excluding tert-OH is 1. The first-order valence-electron chi connectivity index (χ1n) is 7.78. The number of unbranched alkanes of at least 4 members (excludes halogenated alkanes) is 2. The van der Waals surface area contributed by atoms with Gasteiger partial charge in [-0.3, -0.25) is 0 Å². The third kappa shape index (κ3) is 5.23. The molecule has 0 aliphatic carbocycles. The Bertz CT molecular complexity index is 342. The summed E-state index contributed by atoms with van der Waals surface area (Å²) < 4.78 is 5.71. The molecule has 0 saturated carbocycles. The summed E-state index contributed by atoms with van der Waals surface area (Å²) in [5, 5.41) is 13.3. The molecule has 114 valence electrons. The minimum Gasteiger partial charge on any atom is -0.394 e. The molecule has 0 heterocycles. The average Bonchev–Trinajstić information content (AvgIpc) is 2.50. The number of rotatable bonds is 11. The molecule has 20 heavy (non-hydrogen) atoms. The number of hydrogen-bond donors (Lipinski definition) is 2. The van der Waals surface area contributed by atoms with Crippen molar-refractivity contribution in [1.82, 2.24) is 5.32 Å². The van der Waals surface area contributed by atoms with Crippen LogP contribution in [-0.4, -0.2) is 31.5 Å². The highest BCUT2D eigenvalue weighted by Gasteiger charge is 2.29. The van der Waals surface area contributed by atoms with E-state index in [1.54, 1.807) is 0 Å². The first kappa shape index (κ1) is 17.2. The van der Waals surface area contributed by atoms with Gasteiger partial charge in [-0.25, -0.2) is 0 Å². The van der Waals surface area contributed by atoms with Gasteiger partial charge in [0.1, 0.15) is 0 Å². The highest BCUT2D eigenvalue weighted by molar-refractivity contribution is 5.24. The highest BCUT2D eigenvalue weighted by Crippen LogP contribution is 2.24. The third-order valence-electron chi connectivity index (χ3n) is 3.68. The van der Waals surface area contributed by atoms with Crippen LogP contribution >= 0.6 is 0 Å². The van der Waals surface area contributed by atoms with Crippen molar-refractivity contribution in [3.8, 4) is 0 Å². The first-order chi connectivity index (χ1) is 9.79. The van der Waals surface area contributed by atoms with E-state index in [0.717, 1.165) is 31.6 Å². The van der Waals surface area contributed by atoms with Crippen molar-refractivity contribution < 1.29 is 9.84 Å². The fraction of sp³-hybridized carbons (Fsp3) is 0.647. The zero-order chi connectivity index (χ0) is 14.7. The minimum absolute atomic E-state index is 0.0865. The van der Waals surface area contributed by atoms with Crippen LogP contribution in [0.3, 0.4) is 0 Å². The SMILES string of the molecule is CCCCCOCCC(CO)(NCC)c1ccccc1. The van der Waals surface area contributed by atoms with Gasteiger partial charge in [-0.1, -0.05) is 57.0 Å². The molecule has 0 fully saturated rings. The van der Waals surface area contributed by atoms with E-state index in [1.165, 1.54) is 12.8 Å². The van der Waals surface area contributed by atoms with Crippen LogP contribution in [0.1, 0.15) is 45.1 Å². The second kappa shape index (κ2) is 9.92. The molecule has 1 aromatic carbocycles. The predicted octanol–water partition coefficient (Wildman–Crippen LogP) is 3.08. The van der Waals surface area contributed by atoms with Crippen LogP contribution in [0, 0.1) is 0 Å². The van der Waals surface area contributed by atoms with Gasteiger partial charge < -0.3 is 15.2 Å². The molecule has 1 unspecified atom stereocenters. The van der Waals surface area contributed by atoms with Crippen LogP contribution in [0.4, 0.5) is 0 Å². The minimum atomic E-state index is -0.388. The van der Waals surface area contributed by atoms with E-state index in [-0.39, 0.29) is 12.1 Å². The number of likely N-dealkylation sites (N-methyl/N-ethyl adjacent to an activating group) is 1. The maximum atomic E-state index is 9.88. The fourth-order valence-electron chi connectivity index (χ4n) is 2.46. The first-order valence-corrected chi connectivity index (χ1v) is 7.78.